The topological polar surface area (TPSA) is 97.8 Å². The number of nitrogens with one attached hydrogen (secondary N) is 1. The highest BCUT2D eigenvalue weighted by Crippen LogP contribution is 2.35. The molecule has 1 atom stereocenters. The second-order valence-electron chi connectivity index (χ2n) is 8.31. The molecule has 1 amide bonds. The lowest BCUT2D eigenvalue weighted by Gasteiger charge is -2.24. The molecule has 1 fully saturated rings. The molecule has 0 radical (unpaired) electrons. The molecule has 1 unspecified atom stereocenters. The molecular weight excluding hydrogens is 511 g/mol. The SMILES string of the molecule is COc1ccc(CC2(C(=O)O)CCCO2)cc1CNC(=O)c1sc(-c2ccc(Cl)cc2Cl)nc1C. The smallest absolute Gasteiger partial charge is 0.336 e. The van der Waals surface area contributed by atoms with Crippen LogP contribution in [0.5, 0.6) is 5.75 Å². The first-order chi connectivity index (χ1) is 16.7. The van der Waals surface area contributed by atoms with Crippen molar-refractivity contribution in [3.63, 3.8) is 0 Å². The molecular formula is C25H24Cl2N2O5S. The predicted molar refractivity (Wildman–Crippen MR) is 136 cm³/mol. The normalized spacial score (nSPS) is 17.4. The van der Waals surface area contributed by atoms with Crippen molar-refractivity contribution in [2.24, 2.45) is 0 Å². The number of hydrogen-bond donors (Lipinski definition) is 2. The van der Waals surface area contributed by atoms with Crippen LogP contribution in [0.1, 0.15) is 39.3 Å². The number of nitrogens with zero attached hydrogens (tertiary/aromatic N) is 1. The van der Waals surface area contributed by atoms with Crippen LogP contribution in [0.4, 0.5) is 0 Å². The van der Waals surface area contributed by atoms with E-state index in [2.05, 4.69) is 10.3 Å². The van der Waals surface area contributed by atoms with Crippen molar-refractivity contribution in [3.05, 3.63) is 68.1 Å². The Balaban J connectivity index is 1.51. The van der Waals surface area contributed by atoms with Crippen molar-refractivity contribution >= 4 is 46.4 Å². The lowest BCUT2D eigenvalue weighted by Crippen LogP contribution is -2.40. The highest BCUT2D eigenvalue weighted by atomic mass is 35.5. The number of rotatable bonds is 8. The van der Waals surface area contributed by atoms with E-state index in [0.717, 1.165) is 11.1 Å². The summed E-state index contributed by atoms with van der Waals surface area (Å²) in [6.45, 7) is 2.40. The first kappa shape index (κ1) is 25.4. The van der Waals surface area contributed by atoms with Gasteiger partial charge in [-0.3, -0.25) is 4.79 Å². The van der Waals surface area contributed by atoms with E-state index in [4.69, 9.17) is 32.7 Å². The van der Waals surface area contributed by atoms with E-state index in [9.17, 15) is 14.7 Å². The van der Waals surface area contributed by atoms with Gasteiger partial charge < -0.3 is 19.9 Å². The summed E-state index contributed by atoms with van der Waals surface area (Å²) in [4.78, 5) is 29.8. The molecule has 2 N–H and O–H groups in total. The number of aryl methyl sites for hydroxylation is 1. The molecule has 1 aromatic heterocycles. The van der Waals surface area contributed by atoms with E-state index in [1.54, 1.807) is 38.3 Å². The molecule has 2 aromatic carbocycles. The minimum absolute atomic E-state index is 0.200. The molecule has 0 saturated carbocycles. The molecule has 7 nitrogen and oxygen atoms in total. The highest BCUT2D eigenvalue weighted by molar-refractivity contribution is 7.17. The summed E-state index contributed by atoms with van der Waals surface area (Å²) in [5, 5.41) is 14.2. The molecule has 35 heavy (non-hydrogen) atoms. The number of carbonyl (C=O) groups is 2. The van der Waals surface area contributed by atoms with Crippen LogP contribution in [0.2, 0.25) is 10.0 Å². The van der Waals surface area contributed by atoms with Gasteiger partial charge in [-0.2, -0.15) is 0 Å². The lowest BCUT2D eigenvalue weighted by molar-refractivity contribution is -0.159. The van der Waals surface area contributed by atoms with Crippen molar-refractivity contribution in [1.82, 2.24) is 10.3 Å². The van der Waals surface area contributed by atoms with Gasteiger partial charge in [-0.15, -0.1) is 11.3 Å². The third kappa shape index (κ3) is 5.46. The van der Waals surface area contributed by atoms with E-state index in [1.165, 1.54) is 11.3 Å². The van der Waals surface area contributed by atoms with Gasteiger partial charge >= 0.3 is 5.97 Å². The Morgan fingerprint density at radius 1 is 1.26 bits per heavy atom. The van der Waals surface area contributed by atoms with E-state index < -0.39 is 11.6 Å². The minimum Gasteiger partial charge on any atom is -0.496 e. The number of benzene rings is 2. The third-order valence-electron chi connectivity index (χ3n) is 5.93. The number of amides is 1. The number of thiazole rings is 1. The number of halogens is 2. The third-order valence-corrected chi connectivity index (χ3v) is 7.67. The van der Waals surface area contributed by atoms with Crippen molar-refractivity contribution in [3.8, 4) is 16.3 Å². The second-order valence-corrected chi connectivity index (χ2v) is 10.2. The zero-order valence-electron chi connectivity index (χ0n) is 19.2. The van der Waals surface area contributed by atoms with E-state index in [1.807, 2.05) is 12.1 Å². The number of aromatic nitrogens is 1. The average molecular weight is 535 g/mol. The van der Waals surface area contributed by atoms with E-state index in [-0.39, 0.29) is 18.9 Å². The number of carboxylic acids is 1. The number of ether oxygens (including phenoxy) is 2. The Morgan fingerprint density at radius 3 is 2.71 bits per heavy atom. The van der Waals surface area contributed by atoms with Gasteiger partial charge in [-0.1, -0.05) is 35.3 Å². The summed E-state index contributed by atoms with van der Waals surface area (Å²) < 4.78 is 11.1. The first-order valence-corrected chi connectivity index (χ1v) is 12.5. The van der Waals surface area contributed by atoms with Gasteiger partial charge in [0.15, 0.2) is 5.60 Å². The predicted octanol–water partition coefficient (Wildman–Crippen LogP) is 5.54. The average Bonchev–Trinajstić information content (AvgIpc) is 3.45. The summed E-state index contributed by atoms with van der Waals surface area (Å²) >= 11 is 13.5. The van der Waals surface area contributed by atoms with Crippen molar-refractivity contribution < 1.29 is 24.2 Å². The Bertz CT molecular complexity index is 1270. The Kier molecular flexibility index (Phi) is 7.66. The number of carboxylic acid groups (broad SMARTS) is 1. The van der Waals surface area contributed by atoms with Gasteiger partial charge in [0.2, 0.25) is 0 Å². The van der Waals surface area contributed by atoms with Crippen LogP contribution >= 0.6 is 34.5 Å². The van der Waals surface area contributed by atoms with E-state index >= 15 is 0 Å². The Labute approximate surface area is 217 Å². The van der Waals surface area contributed by atoms with Crippen LogP contribution in [0, 0.1) is 6.92 Å². The van der Waals surface area contributed by atoms with Gasteiger partial charge in [-0.25, -0.2) is 9.78 Å². The summed E-state index contributed by atoms with van der Waals surface area (Å²) in [6, 6.07) is 10.6. The molecule has 4 rings (SSSR count). The van der Waals surface area contributed by atoms with Crippen LogP contribution in [-0.2, 0) is 22.5 Å². The van der Waals surface area contributed by atoms with Crippen molar-refractivity contribution in [2.45, 2.75) is 38.3 Å². The number of carbonyl (C=O) groups excluding carboxylic acids is 1. The fraction of sp³-hybridized carbons (Fsp3) is 0.320. The second kappa shape index (κ2) is 10.5. The number of hydrogen-bond acceptors (Lipinski definition) is 6. The van der Waals surface area contributed by atoms with Crippen LogP contribution in [-0.4, -0.2) is 41.3 Å². The van der Waals surface area contributed by atoms with Gasteiger partial charge in [0.05, 0.1) is 17.8 Å². The Hall–Kier alpha value is -2.65. The van der Waals surface area contributed by atoms with Crippen LogP contribution in [0.3, 0.4) is 0 Å². The first-order valence-electron chi connectivity index (χ1n) is 11.0. The van der Waals surface area contributed by atoms with Gasteiger partial charge in [0, 0.05) is 35.7 Å². The summed E-state index contributed by atoms with van der Waals surface area (Å²) in [5.41, 5.74) is 1.62. The fourth-order valence-corrected chi connectivity index (χ4v) is 5.71. The molecule has 0 aliphatic carbocycles. The molecule has 0 spiro atoms. The maximum atomic E-state index is 13.0. The Morgan fingerprint density at radius 2 is 2.06 bits per heavy atom. The quantitative estimate of drug-likeness (QED) is 0.393. The zero-order chi connectivity index (χ0) is 25.2. The van der Waals surface area contributed by atoms with E-state index in [0.29, 0.717) is 56.4 Å². The monoisotopic (exact) mass is 534 g/mol. The standard InChI is InChI=1S/C25H24Cl2N2O5S/c1-14-21(35-23(29-14)18-6-5-17(26)11-19(18)27)22(30)28-13-16-10-15(4-7-20(16)33-2)12-25(24(31)32)8-3-9-34-25/h4-7,10-11H,3,8-9,12-13H2,1-2H3,(H,28,30)(H,31,32). The molecule has 10 heteroatoms. The maximum Gasteiger partial charge on any atom is 0.336 e. The van der Waals surface area contributed by atoms with Crippen LogP contribution in [0.15, 0.2) is 36.4 Å². The highest BCUT2D eigenvalue weighted by Gasteiger charge is 2.43. The zero-order valence-corrected chi connectivity index (χ0v) is 21.5. The van der Waals surface area contributed by atoms with Gasteiger partial charge in [-0.05, 0) is 49.6 Å². The van der Waals surface area contributed by atoms with Crippen LogP contribution < -0.4 is 10.1 Å². The largest absolute Gasteiger partial charge is 0.496 e. The molecule has 1 aliphatic rings. The van der Waals surface area contributed by atoms with Gasteiger partial charge in [0.25, 0.3) is 5.91 Å². The molecule has 184 valence electrons. The lowest BCUT2D eigenvalue weighted by atomic mass is 9.91. The van der Waals surface area contributed by atoms with Crippen molar-refractivity contribution in [1.29, 1.82) is 0 Å². The molecule has 1 saturated heterocycles. The fourth-order valence-electron chi connectivity index (χ4n) is 4.13. The van der Waals surface area contributed by atoms with Crippen molar-refractivity contribution in [2.75, 3.05) is 13.7 Å². The number of aliphatic carboxylic acids is 1. The summed E-state index contributed by atoms with van der Waals surface area (Å²) in [6.07, 6.45) is 1.42. The minimum atomic E-state index is -1.21. The number of methoxy groups -OCH3 is 1. The van der Waals surface area contributed by atoms with Crippen LogP contribution in [0.25, 0.3) is 10.6 Å². The molecule has 2 heterocycles. The summed E-state index contributed by atoms with van der Waals surface area (Å²) in [5.74, 6) is -0.636. The molecule has 3 aromatic rings. The molecule has 1 aliphatic heterocycles. The van der Waals surface area contributed by atoms with Gasteiger partial charge in [0.1, 0.15) is 15.6 Å². The summed E-state index contributed by atoms with van der Waals surface area (Å²) in [7, 11) is 1.55. The molecule has 0 bridgehead atoms. The maximum absolute atomic E-state index is 13.0.